The van der Waals surface area contributed by atoms with Crippen LogP contribution in [0.5, 0.6) is 0 Å². The van der Waals surface area contributed by atoms with Crippen molar-refractivity contribution >= 4 is 10.9 Å². The molecule has 0 saturated carbocycles. The first-order valence-electron chi connectivity index (χ1n) is 4.55. The number of aromatic nitrogens is 1. The zero-order chi connectivity index (χ0) is 9.26. The quantitative estimate of drug-likeness (QED) is 0.719. The summed E-state index contributed by atoms with van der Waals surface area (Å²) in [7, 11) is 1.98. The van der Waals surface area contributed by atoms with Gasteiger partial charge in [-0.05, 0) is 37.1 Å². The van der Waals surface area contributed by atoms with Crippen molar-refractivity contribution in [2.24, 2.45) is 0 Å². The molecule has 68 valence electrons. The number of hydrogen-bond donors (Lipinski definition) is 2. The van der Waals surface area contributed by atoms with E-state index in [-0.39, 0.29) is 0 Å². The number of hydrogen-bond acceptors (Lipinski definition) is 1. The predicted octanol–water partition coefficient (Wildman–Crippen LogP) is 2.45. The molecule has 0 unspecified atom stereocenters. The molecule has 0 radical (unpaired) electrons. The summed E-state index contributed by atoms with van der Waals surface area (Å²) in [5.41, 5.74) is 2.53. The van der Waals surface area contributed by atoms with E-state index in [4.69, 9.17) is 0 Å². The molecule has 0 aliphatic heterocycles. The summed E-state index contributed by atoms with van der Waals surface area (Å²) < 4.78 is 0. The lowest BCUT2D eigenvalue weighted by Gasteiger charge is -2.09. The lowest BCUT2D eigenvalue weighted by atomic mass is 10.1. The molecule has 13 heavy (non-hydrogen) atoms. The molecule has 2 heteroatoms. The van der Waals surface area contributed by atoms with Crippen LogP contribution in [0, 0.1) is 0 Å². The van der Waals surface area contributed by atoms with E-state index < -0.39 is 0 Å². The van der Waals surface area contributed by atoms with Crippen molar-refractivity contribution in [3.8, 4) is 0 Å². The highest BCUT2D eigenvalue weighted by Crippen LogP contribution is 2.18. The maximum Gasteiger partial charge on any atom is 0.0457 e. The Morgan fingerprint density at radius 1 is 1.31 bits per heavy atom. The molecule has 0 aliphatic rings. The Morgan fingerprint density at radius 3 is 2.92 bits per heavy atom. The topological polar surface area (TPSA) is 27.8 Å². The lowest BCUT2D eigenvalue weighted by molar-refractivity contribution is 0.653. The standard InChI is InChI=1S/C11H14N2/c1-8(12-2)10-4-3-9-5-6-13-11(9)7-10/h3-8,12-13H,1-2H3/t8-/m0/s1. The van der Waals surface area contributed by atoms with Crippen LogP contribution in [-0.2, 0) is 0 Å². The Hall–Kier alpha value is -1.28. The highest BCUT2D eigenvalue weighted by Gasteiger charge is 2.02. The van der Waals surface area contributed by atoms with Gasteiger partial charge in [0.1, 0.15) is 0 Å². The Bertz CT molecular complexity index is 403. The van der Waals surface area contributed by atoms with Crippen LogP contribution in [0.15, 0.2) is 30.5 Å². The van der Waals surface area contributed by atoms with Crippen LogP contribution in [0.4, 0.5) is 0 Å². The summed E-state index contributed by atoms with van der Waals surface area (Å²) in [6.45, 7) is 2.16. The first-order valence-corrected chi connectivity index (χ1v) is 4.55. The third-order valence-electron chi connectivity index (χ3n) is 2.51. The molecule has 1 heterocycles. The molecule has 0 aliphatic carbocycles. The Balaban J connectivity index is 2.48. The molecular formula is C11H14N2. The van der Waals surface area contributed by atoms with Crippen molar-refractivity contribution in [3.63, 3.8) is 0 Å². The Kier molecular flexibility index (Phi) is 2.07. The predicted molar refractivity (Wildman–Crippen MR) is 55.8 cm³/mol. The monoisotopic (exact) mass is 174 g/mol. The van der Waals surface area contributed by atoms with Crippen LogP contribution in [0.1, 0.15) is 18.5 Å². The minimum atomic E-state index is 0.410. The normalized spacial score (nSPS) is 13.4. The van der Waals surface area contributed by atoms with Crippen LogP contribution in [0.3, 0.4) is 0 Å². The summed E-state index contributed by atoms with van der Waals surface area (Å²) in [4.78, 5) is 3.21. The lowest BCUT2D eigenvalue weighted by Crippen LogP contribution is -2.11. The van der Waals surface area contributed by atoms with E-state index >= 15 is 0 Å². The Labute approximate surface area is 78.0 Å². The van der Waals surface area contributed by atoms with Gasteiger partial charge in [-0.3, -0.25) is 0 Å². The minimum absolute atomic E-state index is 0.410. The summed E-state index contributed by atoms with van der Waals surface area (Å²) in [6.07, 6.45) is 1.97. The van der Waals surface area contributed by atoms with E-state index in [0.29, 0.717) is 6.04 Å². The number of benzene rings is 1. The van der Waals surface area contributed by atoms with E-state index in [1.165, 1.54) is 16.5 Å². The zero-order valence-electron chi connectivity index (χ0n) is 7.96. The van der Waals surface area contributed by atoms with Gasteiger partial charge in [0.05, 0.1) is 0 Å². The zero-order valence-corrected chi connectivity index (χ0v) is 7.96. The highest BCUT2D eigenvalue weighted by atomic mass is 14.9. The summed E-state index contributed by atoms with van der Waals surface area (Å²) in [5.74, 6) is 0. The number of fused-ring (bicyclic) bond motifs is 1. The number of aromatic amines is 1. The van der Waals surface area contributed by atoms with Gasteiger partial charge >= 0.3 is 0 Å². The average molecular weight is 174 g/mol. The van der Waals surface area contributed by atoms with E-state index in [1.807, 2.05) is 13.2 Å². The van der Waals surface area contributed by atoms with E-state index in [1.54, 1.807) is 0 Å². The fourth-order valence-corrected chi connectivity index (χ4v) is 1.50. The SMILES string of the molecule is CN[C@@H](C)c1ccc2cc[nH]c2c1. The summed E-state index contributed by atoms with van der Waals surface area (Å²) >= 11 is 0. The number of nitrogens with one attached hydrogen (secondary N) is 2. The largest absolute Gasteiger partial charge is 0.361 e. The molecule has 0 bridgehead atoms. The second kappa shape index (κ2) is 3.23. The van der Waals surface area contributed by atoms with Crippen LogP contribution in [-0.4, -0.2) is 12.0 Å². The van der Waals surface area contributed by atoms with Crippen molar-refractivity contribution in [1.29, 1.82) is 0 Å². The molecule has 1 aromatic carbocycles. The van der Waals surface area contributed by atoms with Gasteiger partial charge in [-0.15, -0.1) is 0 Å². The van der Waals surface area contributed by atoms with Crippen LogP contribution < -0.4 is 5.32 Å². The molecule has 2 N–H and O–H groups in total. The first kappa shape index (κ1) is 8.32. The molecule has 0 spiro atoms. The molecule has 1 atom stereocenters. The van der Waals surface area contributed by atoms with Crippen molar-refractivity contribution in [2.45, 2.75) is 13.0 Å². The van der Waals surface area contributed by atoms with Gasteiger partial charge < -0.3 is 10.3 Å². The highest BCUT2D eigenvalue weighted by molar-refractivity contribution is 5.79. The second-order valence-corrected chi connectivity index (χ2v) is 3.33. The van der Waals surface area contributed by atoms with Crippen LogP contribution in [0.2, 0.25) is 0 Å². The maximum absolute atomic E-state index is 3.22. The van der Waals surface area contributed by atoms with Crippen molar-refractivity contribution < 1.29 is 0 Å². The van der Waals surface area contributed by atoms with Crippen LogP contribution in [0.25, 0.3) is 10.9 Å². The van der Waals surface area contributed by atoms with Gasteiger partial charge in [-0.2, -0.15) is 0 Å². The molecule has 2 rings (SSSR count). The third kappa shape index (κ3) is 1.45. The Morgan fingerprint density at radius 2 is 2.15 bits per heavy atom. The van der Waals surface area contributed by atoms with Gasteiger partial charge in [0, 0.05) is 17.8 Å². The number of rotatable bonds is 2. The van der Waals surface area contributed by atoms with Gasteiger partial charge in [0.25, 0.3) is 0 Å². The fourth-order valence-electron chi connectivity index (χ4n) is 1.50. The third-order valence-corrected chi connectivity index (χ3v) is 2.51. The van der Waals surface area contributed by atoms with Gasteiger partial charge in [-0.1, -0.05) is 12.1 Å². The molecular weight excluding hydrogens is 160 g/mol. The summed E-state index contributed by atoms with van der Waals surface area (Å²) in [6, 6.07) is 9.00. The molecule has 2 nitrogen and oxygen atoms in total. The smallest absolute Gasteiger partial charge is 0.0457 e. The number of H-pyrrole nitrogens is 1. The van der Waals surface area contributed by atoms with Crippen molar-refractivity contribution in [1.82, 2.24) is 10.3 Å². The fraction of sp³-hybridized carbons (Fsp3) is 0.273. The molecule has 0 amide bonds. The van der Waals surface area contributed by atoms with Crippen molar-refractivity contribution in [3.05, 3.63) is 36.0 Å². The van der Waals surface area contributed by atoms with Gasteiger partial charge in [0.2, 0.25) is 0 Å². The summed E-state index contributed by atoms with van der Waals surface area (Å²) in [5, 5.41) is 4.49. The first-order chi connectivity index (χ1) is 6.31. The molecule has 2 aromatic rings. The van der Waals surface area contributed by atoms with Gasteiger partial charge in [0.15, 0.2) is 0 Å². The minimum Gasteiger partial charge on any atom is -0.361 e. The second-order valence-electron chi connectivity index (χ2n) is 3.33. The van der Waals surface area contributed by atoms with E-state index in [2.05, 4.69) is 41.5 Å². The average Bonchev–Trinajstić information content (AvgIpc) is 2.63. The molecule has 0 fully saturated rings. The molecule has 1 aromatic heterocycles. The van der Waals surface area contributed by atoms with E-state index in [9.17, 15) is 0 Å². The molecule has 0 saturated heterocycles. The van der Waals surface area contributed by atoms with E-state index in [0.717, 1.165) is 0 Å². The van der Waals surface area contributed by atoms with Crippen LogP contribution >= 0.6 is 0 Å². The van der Waals surface area contributed by atoms with Crippen molar-refractivity contribution in [2.75, 3.05) is 7.05 Å². The van der Waals surface area contributed by atoms with Gasteiger partial charge in [-0.25, -0.2) is 0 Å². The maximum atomic E-state index is 3.22.